The molecule has 0 bridgehead atoms. The van der Waals surface area contributed by atoms with Crippen molar-refractivity contribution in [2.45, 2.75) is 13.3 Å². The van der Waals surface area contributed by atoms with Crippen LogP contribution in [-0.2, 0) is 6.42 Å². The van der Waals surface area contributed by atoms with E-state index in [1.54, 1.807) is 6.20 Å². The fourth-order valence-corrected chi connectivity index (χ4v) is 2.30. The number of hydrogen-bond acceptors (Lipinski definition) is 2. The molecule has 0 radical (unpaired) electrons. The number of aryl methyl sites for hydroxylation is 1. The molecule has 0 fully saturated rings. The maximum Gasteiger partial charge on any atom is 0.0982 e. The summed E-state index contributed by atoms with van der Waals surface area (Å²) in [5.41, 5.74) is 2.82. The maximum absolute atomic E-state index is 6.27. The molecule has 1 aromatic carbocycles. The van der Waals surface area contributed by atoms with Crippen molar-refractivity contribution in [2.24, 2.45) is 0 Å². The van der Waals surface area contributed by atoms with Gasteiger partial charge in [-0.25, -0.2) is 0 Å². The molecule has 0 saturated heterocycles. The predicted molar refractivity (Wildman–Crippen MR) is 71.4 cm³/mol. The first-order chi connectivity index (χ1) is 8.29. The Morgan fingerprint density at radius 3 is 2.88 bits per heavy atom. The van der Waals surface area contributed by atoms with Gasteiger partial charge in [0, 0.05) is 22.7 Å². The fourth-order valence-electron chi connectivity index (χ4n) is 2.02. The molecule has 0 aliphatic heterocycles. The molecular weight excluding hydrogens is 232 g/mol. The van der Waals surface area contributed by atoms with Crippen molar-refractivity contribution in [3.63, 3.8) is 0 Å². The van der Waals surface area contributed by atoms with Crippen LogP contribution in [0.5, 0.6) is 0 Å². The summed E-state index contributed by atoms with van der Waals surface area (Å²) in [7, 11) is 0. The Bertz CT molecular complexity index is 707. The molecule has 0 saturated carbocycles. The quantitative estimate of drug-likeness (QED) is 0.603. The third-order valence-electron chi connectivity index (χ3n) is 2.92. The SMILES string of the molecule is CCc1cc(Cl)c2ccc3cccnc3c2n1. The number of hydrogen-bond donors (Lipinski definition) is 0. The van der Waals surface area contributed by atoms with Crippen LogP contribution in [0.1, 0.15) is 12.6 Å². The van der Waals surface area contributed by atoms with Gasteiger partial charge >= 0.3 is 0 Å². The van der Waals surface area contributed by atoms with Gasteiger partial charge in [-0.05, 0) is 18.6 Å². The molecule has 0 N–H and O–H groups in total. The highest BCUT2D eigenvalue weighted by molar-refractivity contribution is 6.36. The van der Waals surface area contributed by atoms with Crippen LogP contribution in [0.3, 0.4) is 0 Å². The Hall–Kier alpha value is -1.67. The van der Waals surface area contributed by atoms with E-state index in [-0.39, 0.29) is 0 Å². The average Bonchev–Trinajstić information content (AvgIpc) is 2.38. The average molecular weight is 243 g/mol. The van der Waals surface area contributed by atoms with E-state index in [1.165, 1.54) is 0 Å². The molecule has 0 aliphatic rings. The zero-order valence-electron chi connectivity index (χ0n) is 9.44. The summed E-state index contributed by atoms with van der Waals surface area (Å²) in [6.45, 7) is 2.07. The van der Waals surface area contributed by atoms with E-state index in [0.717, 1.165) is 38.9 Å². The van der Waals surface area contributed by atoms with Gasteiger partial charge in [0.15, 0.2) is 0 Å². The summed E-state index contributed by atoms with van der Waals surface area (Å²) in [6.07, 6.45) is 2.66. The van der Waals surface area contributed by atoms with Crippen LogP contribution in [0.4, 0.5) is 0 Å². The minimum absolute atomic E-state index is 0.749. The van der Waals surface area contributed by atoms with Crippen LogP contribution >= 0.6 is 11.6 Å². The summed E-state index contributed by atoms with van der Waals surface area (Å²) >= 11 is 6.27. The number of fused-ring (bicyclic) bond motifs is 3. The molecule has 3 rings (SSSR count). The fraction of sp³-hybridized carbons (Fsp3) is 0.143. The van der Waals surface area contributed by atoms with Gasteiger partial charge in [-0.2, -0.15) is 0 Å². The molecule has 84 valence electrons. The first kappa shape index (κ1) is 10.5. The largest absolute Gasteiger partial charge is 0.254 e. The van der Waals surface area contributed by atoms with Crippen LogP contribution in [0, 0.1) is 0 Å². The van der Waals surface area contributed by atoms with Gasteiger partial charge in [-0.3, -0.25) is 9.97 Å². The van der Waals surface area contributed by atoms with Gasteiger partial charge in [0.1, 0.15) is 0 Å². The summed E-state index contributed by atoms with van der Waals surface area (Å²) < 4.78 is 0. The van der Waals surface area contributed by atoms with Crippen LogP contribution in [-0.4, -0.2) is 9.97 Å². The Kier molecular flexibility index (Phi) is 2.45. The van der Waals surface area contributed by atoms with Crippen molar-refractivity contribution in [1.82, 2.24) is 9.97 Å². The van der Waals surface area contributed by atoms with E-state index < -0.39 is 0 Å². The van der Waals surface area contributed by atoms with Gasteiger partial charge in [0.25, 0.3) is 0 Å². The number of aromatic nitrogens is 2. The third-order valence-corrected chi connectivity index (χ3v) is 3.23. The Morgan fingerprint density at radius 2 is 2.06 bits per heavy atom. The minimum atomic E-state index is 0.749. The molecule has 0 amide bonds. The van der Waals surface area contributed by atoms with Crippen molar-refractivity contribution in [2.75, 3.05) is 0 Å². The minimum Gasteiger partial charge on any atom is -0.254 e. The number of benzene rings is 1. The molecular formula is C14H11ClN2. The normalized spacial score (nSPS) is 11.2. The molecule has 2 nitrogen and oxygen atoms in total. The maximum atomic E-state index is 6.27. The van der Waals surface area contributed by atoms with E-state index in [2.05, 4.69) is 16.9 Å². The van der Waals surface area contributed by atoms with Gasteiger partial charge in [-0.15, -0.1) is 0 Å². The van der Waals surface area contributed by atoms with E-state index in [9.17, 15) is 0 Å². The van der Waals surface area contributed by atoms with Gasteiger partial charge in [0.05, 0.1) is 16.1 Å². The number of nitrogens with zero attached hydrogens (tertiary/aromatic N) is 2. The summed E-state index contributed by atoms with van der Waals surface area (Å²) in [5, 5.41) is 2.81. The Morgan fingerprint density at radius 1 is 1.18 bits per heavy atom. The zero-order valence-corrected chi connectivity index (χ0v) is 10.2. The highest BCUT2D eigenvalue weighted by Gasteiger charge is 2.07. The second-order valence-electron chi connectivity index (χ2n) is 3.99. The zero-order chi connectivity index (χ0) is 11.8. The van der Waals surface area contributed by atoms with E-state index in [0.29, 0.717) is 0 Å². The summed E-state index contributed by atoms with van der Waals surface area (Å²) in [5.74, 6) is 0. The van der Waals surface area contributed by atoms with Gasteiger partial charge < -0.3 is 0 Å². The van der Waals surface area contributed by atoms with Crippen molar-refractivity contribution in [3.05, 3.63) is 47.2 Å². The van der Waals surface area contributed by atoms with Crippen LogP contribution in [0.15, 0.2) is 36.5 Å². The topological polar surface area (TPSA) is 25.8 Å². The third kappa shape index (κ3) is 1.65. The molecule has 0 atom stereocenters. The van der Waals surface area contributed by atoms with Crippen molar-refractivity contribution in [3.8, 4) is 0 Å². The number of rotatable bonds is 1. The lowest BCUT2D eigenvalue weighted by Crippen LogP contribution is -1.91. The summed E-state index contributed by atoms with van der Waals surface area (Å²) in [6, 6.07) is 9.94. The van der Waals surface area contributed by atoms with Crippen molar-refractivity contribution < 1.29 is 0 Å². The first-order valence-corrected chi connectivity index (χ1v) is 6.00. The molecule has 0 aliphatic carbocycles. The number of halogens is 1. The highest BCUT2D eigenvalue weighted by atomic mass is 35.5. The van der Waals surface area contributed by atoms with Crippen molar-refractivity contribution >= 4 is 33.4 Å². The van der Waals surface area contributed by atoms with Crippen molar-refractivity contribution in [1.29, 1.82) is 0 Å². The molecule has 17 heavy (non-hydrogen) atoms. The lowest BCUT2D eigenvalue weighted by Gasteiger charge is -2.06. The summed E-state index contributed by atoms with van der Waals surface area (Å²) in [4.78, 5) is 9.04. The lowest BCUT2D eigenvalue weighted by atomic mass is 10.1. The first-order valence-electron chi connectivity index (χ1n) is 5.62. The smallest absolute Gasteiger partial charge is 0.0982 e. The van der Waals surface area contributed by atoms with Gasteiger partial charge in [-0.1, -0.05) is 36.7 Å². The second-order valence-corrected chi connectivity index (χ2v) is 4.39. The monoisotopic (exact) mass is 242 g/mol. The molecule has 3 aromatic rings. The van der Waals surface area contributed by atoms with E-state index in [4.69, 9.17) is 11.6 Å². The predicted octanol–water partition coefficient (Wildman–Crippen LogP) is 4.00. The van der Waals surface area contributed by atoms with Gasteiger partial charge in [0.2, 0.25) is 0 Å². The molecule has 3 heteroatoms. The van der Waals surface area contributed by atoms with Crippen LogP contribution in [0.2, 0.25) is 5.02 Å². The molecule has 2 aromatic heterocycles. The standard InChI is InChI=1S/C14H11ClN2/c1-2-10-8-12(15)11-6-5-9-4-3-7-16-13(9)14(11)17-10/h3-8H,2H2,1H3. The lowest BCUT2D eigenvalue weighted by molar-refractivity contribution is 1.06. The Balaban J connectivity index is 2.51. The van der Waals surface area contributed by atoms with Crippen LogP contribution in [0.25, 0.3) is 21.8 Å². The van der Waals surface area contributed by atoms with E-state index >= 15 is 0 Å². The van der Waals surface area contributed by atoms with Crippen LogP contribution < -0.4 is 0 Å². The molecule has 0 unspecified atom stereocenters. The number of pyridine rings is 2. The second kappa shape index (κ2) is 3.97. The molecule has 2 heterocycles. The highest BCUT2D eigenvalue weighted by Crippen LogP contribution is 2.28. The Labute approximate surface area is 104 Å². The molecule has 0 spiro atoms. The van der Waals surface area contributed by atoms with E-state index in [1.807, 2.05) is 30.3 Å².